The molecule has 0 radical (unpaired) electrons. The van der Waals surface area contributed by atoms with Gasteiger partial charge in [0.15, 0.2) is 0 Å². The Kier molecular flexibility index (Phi) is 6.19. The van der Waals surface area contributed by atoms with Crippen LogP contribution >= 0.6 is 11.3 Å². The molecule has 2 atom stereocenters. The minimum atomic E-state index is -0.701. The van der Waals surface area contributed by atoms with E-state index in [0.29, 0.717) is 12.5 Å². The van der Waals surface area contributed by atoms with E-state index in [1.54, 1.807) is 11.3 Å². The van der Waals surface area contributed by atoms with Crippen LogP contribution in [0.4, 0.5) is 0 Å². The van der Waals surface area contributed by atoms with Crippen LogP contribution in [0.25, 0.3) is 11.1 Å². The minimum absolute atomic E-state index is 0.264. The molecule has 1 aromatic heterocycles. The molecule has 5 nitrogen and oxygen atoms in total. The molecule has 0 unspecified atom stereocenters. The Morgan fingerprint density at radius 2 is 2.24 bits per heavy atom. The van der Waals surface area contributed by atoms with Crippen molar-refractivity contribution in [3.05, 3.63) is 46.7 Å². The van der Waals surface area contributed by atoms with E-state index in [-0.39, 0.29) is 5.92 Å². The Morgan fingerprint density at radius 3 is 3.04 bits per heavy atom. The fourth-order valence-corrected chi connectivity index (χ4v) is 3.83. The molecule has 1 aromatic carbocycles. The van der Waals surface area contributed by atoms with Crippen LogP contribution in [0, 0.1) is 11.8 Å². The summed E-state index contributed by atoms with van der Waals surface area (Å²) in [6, 6.07) is 10.3. The van der Waals surface area contributed by atoms with Gasteiger partial charge in [0.05, 0.1) is 12.1 Å². The maximum Gasteiger partial charge on any atom is 0.307 e. The lowest BCUT2D eigenvalue weighted by Crippen LogP contribution is -2.40. The molecule has 6 heteroatoms. The van der Waals surface area contributed by atoms with E-state index >= 15 is 0 Å². The Bertz CT molecular complexity index is 715. The first-order valence-corrected chi connectivity index (χ1v) is 9.49. The van der Waals surface area contributed by atoms with Gasteiger partial charge in [-0.2, -0.15) is 16.4 Å². The van der Waals surface area contributed by atoms with Gasteiger partial charge in [0.25, 0.3) is 0 Å². The Morgan fingerprint density at radius 1 is 1.36 bits per heavy atom. The number of nitrogens with one attached hydrogen (secondary N) is 2. The number of hydrogen-bond donors (Lipinski definition) is 3. The number of benzene rings is 1. The lowest BCUT2D eigenvalue weighted by molar-refractivity contribution is -0.142. The molecule has 3 N–H and O–H groups in total. The summed E-state index contributed by atoms with van der Waals surface area (Å²) in [6.45, 7) is 2.21. The summed E-state index contributed by atoms with van der Waals surface area (Å²) in [5, 5.41) is 20.9. The Balaban J connectivity index is 1.49. The molecule has 132 valence electrons. The molecule has 0 bridgehead atoms. The second-order valence-electron chi connectivity index (χ2n) is 6.35. The van der Waals surface area contributed by atoms with Crippen LogP contribution in [0.5, 0.6) is 0 Å². The second-order valence-corrected chi connectivity index (χ2v) is 7.13. The van der Waals surface area contributed by atoms with Gasteiger partial charge in [0.2, 0.25) is 0 Å². The number of carboxylic acid groups (broad SMARTS) is 1. The van der Waals surface area contributed by atoms with Gasteiger partial charge in [-0.25, -0.2) is 0 Å². The van der Waals surface area contributed by atoms with Crippen molar-refractivity contribution in [2.45, 2.75) is 12.8 Å². The smallest absolute Gasteiger partial charge is 0.307 e. The first-order chi connectivity index (χ1) is 12.2. The minimum Gasteiger partial charge on any atom is -0.481 e. The molecule has 3 rings (SSSR count). The topological polar surface area (TPSA) is 73.7 Å². The quantitative estimate of drug-likeness (QED) is 0.404. The molecule has 2 heterocycles. The third-order valence-electron chi connectivity index (χ3n) is 4.54. The maximum atomic E-state index is 11.1. The standard InChI is InChI=1S/C19H23N3O2S/c23-19(24)17-9-14(10-20-11-17)5-7-21-22-12-15-3-1-2-4-18(15)16-6-8-25-13-16/h1-4,6,8,12-14,17,20-21H,5,7,9-11H2,(H,23,24)/b22-12+/t14-,17+/m0/s1. The molecule has 25 heavy (non-hydrogen) atoms. The van der Waals surface area contributed by atoms with Gasteiger partial charge in [-0.1, -0.05) is 24.3 Å². The van der Waals surface area contributed by atoms with E-state index in [1.165, 1.54) is 11.1 Å². The van der Waals surface area contributed by atoms with Crippen molar-refractivity contribution in [1.29, 1.82) is 0 Å². The highest BCUT2D eigenvalue weighted by atomic mass is 32.1. The van der Waals surface area contributed by atoms with Crippen LogP contribution in [0.15, 0.2) is 46.2 Å². The molecule has 1 aliphatic rings. The molecular weight excluding hydrogens is 334 g/mol. The Hall–Kier alpha value is -2.18. The molecule has 0 spiro atoms. The maximum absolute atomic E-state index is 11.1. The lowest BCUT2D eigenvalue weighted by Gasteiger charge is -2.27. The van der Waals surface area contributed by atoms with Crippen molar-refractivity contribution in [3.63, 3.8) is 0 Å². The number of rotatable bonds is 7. The highest BCUT2D eigenvalue weighted by Gasteiger charge is 2.26. The zero-order valence-corrected chi connectivity index (χ0v) is 14.8. The van der Waals surface area contributed by atoms with Crippen LogP contribution in [-0.4, -0.2) is 36.9 Å². The number of aliphatic carboxylic acids is 1. The van der Waals surface area contributed by atoms with E-state index in [4.69, 9.17) is 5.11 Å². The number of piperidine rings is 1. The molecular formula is C19H23N3O2S. The monoisotopic (exact) mass is 357 g/mol. The summed E-state index contributed by atoms with van der Waals surface area (Å²) < 4.78 is 0. The zero-order chi connectivity index (χ0) is 17.5. The van der Waals surface area contributed by atoms with Gasteiger partial charge in [-0.15, -0.1) is 0 Å². The first kappa shape index (κ1) is 17.6. The SMILES string of the molecule is O=C(O)[C@H]1CNC[C@@H](CCN/N=C/c2ccccc2-c2ccsc2)C1. The Labute approximate surface area is 151 Å². The molecule has 0 saturated carbocycles. The third-order valence-corrected chi connectivity index (χ3v) is 5.23. The van der Waals surface area contributed by atoms with Crippen LogP contribution in [0.3, 0.4) is 0 Å². The van der Waals surface area contributed by atoms with Gasteiger partial charge >= 0.3 is 5.97 Å². The molecule has 1 fully saturated rings. The van der Waals surface area contributed by atoms with Crippen LogP contribution in [-0.2, 0) is 4.79 Å². The highest BCUT2D eigenvalue weighted by Crippen LogP contribution is 2.24. The number of hydrogen-bond acceptors (Lipinski definition) is 5. The summed E-state index contributed by atoms with van der Waals surface area (Å²) in [5.74, 6) is -0.580. The normalized spacial score (nSPS) is 20.6. The molecule has 1 saturated heterocycles. The number of hydrazone groups is 1. The summed E-state index contributed by atoms with van der Waals surface area (Å²) in [6.07, 6.45) is 3.52. The van der Waals surface area contributed by atoms with Crippen molar-refractivity contribution in [2.75, 3.05) is 19.6 Å². The predicted molar refractivity (Wildman–Crippen MR) is 102 cm³/mol. The first-order valence-electron chi connectivity index (χ1n) is 8.55. The van der Waals surface area contributed by atoms with Gasteiger partial charge in [0.1, 0.15) is 0 Å². The van der Waals surface area contributed by atoms with Crippen molar-refractivity contribution in [2.24, 2.45) is 16.9 Å². The molecule has 0 aliphatic carbocycles. The lowest BCUT2D eigenvalue weighted by atomic mass is 9.88. The van der Waals surface area contributed by atoms with E-state index in [9.17, 15) is 4.79 Å². The predicted octanol–water partition coefficient (Wildman–Crippen LogP) is 3.04. The second kappa shape index (κ2) is 8.78. The van der Waals surface area contributed by atoms with Gasteiger partial charge in [-0.05, 0) is 53.3 Å². The van der Waals surface area contributed by atoms with Crippen LogP contribution in [0.2, 0.25) is 0 Å². The summed E-state index contributed by atoms with van der Waals surface area (Å²) >= 11 is 1.69. The zero-order valence-electron chi connectivity index (χ0n) is 14.0. The average molecular weight is 357 g/mol. The van der Waals surface area contributed by atoms with E-state index in [1.807, 2.05) is 18.3 Å². The summed E-state index contributed by atoms with van der Waals surface area (Å²) in [5.41, 5.74) is 6.56. The van der Waals surface area contributed by atoms with Crippen molar-refractivity contribution in [3.8, 4) is 11.1 Å². The number of carbonyl (C=O) groups is 1. The van der Waals surface area contributed by atoms with E-state index in [0.717, 1.165) is 31.5 Å². The summed E-state index contributed by atoms with van der Waals surface area (Å²) in [7, 11) is 0. The molecule has 2 aromatic rings. The third kappa shape index (κ3) is 4.90. The fourth-order valence-electron chi connectivity index (χ4n) is 3.18. The van der Waals surface area contributed by atoms with Gasteiger partial charge < -0.3 is 15.8 Å². The highest BCUT2D eigenvalue weighted by molar-refractivity contribution is 7.08. The number of thiophene rings is 1. The largest absolute Gasteiger partial charge is 0.481 e. The van der Waals surface area contributed by atoms with Crippen molar-refractivity contribution in [1.82, 2.24) is 10.7 Å². The number of carboxylic acids is 1. The number of nitrogens with zero attached hydrogens (tertiary/aromatic N) is 1. The molecule has 0 amide bonds. The van der Waals surface area contributed by atoms with Gasteiger partial charge in [-0.3, -0.25) is 4.79 Å². The molecule has 1 aliphatic heterocycles. The van der Waals surface area contributed by atoms with Gasteiger partial charge in [0, 0.05) is 18.7 Å². The average Bonchev–Trinajstić information content (AvgIpc) is 3.16. The van der Waals surface area contributed by atoms with E-state index in [2.05, 4.69) is 44.8 Å². The van der Waals surface area contributed by atoms with Crippen LogP contribution < -0.4 is 10.7 Å². The fraction of sp³-hybridized carbons (Fsp3) is 0.368. The summed E-state index contributed by atoms with van der Waals surface area (Å²) in [4.78, 5) is 11.1. The van der Waals surface area contributed by atoms with Crippen LogP contribution in [0.1, 0.15) is 18.4 Å². The van der Waals surface area contributed by atoms with Crippen molar-refractivity contribution >= 4 is 23.5 Å². The van der Waals surface area contributed by atoms with Crippen molar-refractivity contribution < 1.29 is 9.90 Å². The van der Waals surface area contributed by atoms with E-state index < -0.39 is 5.97 Å².